The lowest BCUT2D eigenvalue weighted by Gasteiger charge is -2.16. The minimum atomic E-state index is 0.108. The van der Waals surface area contributed by atoms with Crippen LogP contribution in [0.5, 0.6) is 5.75 Å². The van der Waals surface area contributed by atoms with Gasteiger partial charge in [-0.3, -0.25) is 0 Å². The second kappa shape index (κ2) is 5.87. The molecule has 0 aliphatic rings. The molecule has 0 aromatic heterocycles. The van der Waals surface area contributed by atoms with Gasteiger partial charge in [0.1, 0.15) is 5.75 Å². The first kappa shape index (κ1) is 13.0. The summed E-state index contributed by atoms with van der Waals surface area (Å²) in [5.41, 5.74) is 2.31. The maximum Gasteiger partial charge on any atom is 0.122 e. The van der Waals surface area contributed by atoms with Crippen molar-refractivity contribution in [3.8, 4) is 5.75 Å². The van der Waals surface area contributed by atoms with Gasteiger partial charge in [-0.15, -0.1) is 0 Å². The molecule has 1 aromatic carbocycles. The molecule has 3 nitrogen and oxygen atoms in total. The van der Waals surface area contributed by atoms with Crippen molar-refractivity contribution < 1.29 is 9.84 Å². The summed E-state index contributed by atoms with van der Waals surface area (Å²) in [6.45, 7) is 3.04. The summed E-state index contributed by atoms with van der Waals surface area (Å²) in [7, 11) is 5.74. The second-order valence-corrected chi connectivity index (χ2v) is 4.40. The summed E-state index contributed by atoms with van der Waals surface area (Å²) in [6, 6.07) is 6.15. The maximum atomic E-state index is 9.21. The molecule has 3 heteroatoms. The molecule has 0 radical (unpaired) electrons. The van der Waals surface area contributed by atoms with Crippen molar-refractivity contribution in [2.75, 3.05) is 27.8 Å². The Bertz CT molecular complexity index is 337. The van der Waals surface area contributed by atoms with Crippen molar-refractivity contribution in [1.82, 2.24) is 4.90 Å². The molecule has 1 unspecified atom stereocenters. The molecule has 90 valence electrons. The summed E-state index contributed by atoms with van der Waals surface area (Å²) in [6.07, 6.45) is 0. The van der Waals surface area contributed by atoms with E-state index in [0.717, 1.165) is 17.9 Å². The highest BCUT2D eigenvalue weighted by atomic mass is 16.5. The normalized spacial score (nSPS) is 12.9. The molecule has 0 saturated heterocycles. The van der Waals surface area contributed by atoms with Crippen LogP contribution in [-0.4, -0.2) is 37.8 Å². The first-order chi connectivity index (χ1) is 7.58. The molecule has 1 rings (SSSR count). The van der Waals surface area contributed by atoms with Gasteiger partial charge in [0.15, 0.2) is 0 Å². The van der Waals surface area contributed by atoms with Crippen LogP contribution >= 0.6 is 0 Å². The fourth-order valence-corrected chi connectivity index (χ4v) is 1.73. The van der Waals surface area contributed by atoms with Crippen LogP contribution in [0, 0.1) is 0 Å². The third-order valence-corrected chi connectivity index (χ3v) is 2.60. The summed E-state index contributed by atoms with van der Waals surface area (Å²) in [4.78, 5) is 2.12. The molecule has 0 spiro atoms. The number of hydrogen-bond acceptors (Lipinski definition) is 3. The Balaban J connectivity index is 3.01. The highest BCUT2D eigenvalue weighted by Crippen LogP contribution is 2.27. The largest absolute Gasteiger partial charge is 0.496 e. The quantitative estimate of drug-likeness (QED) is 0.827. The van der Waals surface area contributed by atoms with Crippen LogP contribution in [0.1, 0.15) is 24.0 Å². The Labute approximate surface area is 97.7 Å². The number of nitrogens with zero attached hydrogens (tertiary/aromatic N) is 1. The van der Waals surface area contributed by atoms with Gasteiger partial charge in [-0.25, -0.2) is 0 Å². The van der Waals surface area contributed by atoms with E-state index >= 15 is 0 Å². The van der Waals surface area contributed by atoms with Crippen LogP contribution < -0.4 is 4.74 Å². The van der Waals surface area contributed by atoms with Crippen molar-refractivity contribution in [3.63, 3.8) is 0 Å². The summed E-state index contributed by atoms with van der Waals surface area (Å²) < 4.78 is 5.30. The Kier molecular flexibility index (Phi) is 4.77. The van der Waals surface area contributed by atoms with E-state index in [4.69, 9.17) is 4.74 Å². The van der Waals surface area contributed by atoms with Gasteiger partial charge in [0.2, 0.25) is 0 Å². The molecule has 1 atom stereocenters. The van der Waals surface area contributed by atoms with Crippen molar-refractivity contribution in [3.05, 3.63) is 29.3 Å². The molecule has 0 saturated carbocycles. The summed E-state index contributed by atoms with van der Waals surface area (Å²) in [5.74, 6) is 0.959. The molecule has 0 amide bonds. The van der Waals surface area contributed by atoms with Gasteiger partial charge in [-0.1, -0.05) is 19.1 Å². The number of methoxy groups -OCH3 is 1. The lowest BCUT2D eigenvalue weighted by Crippen LogP contribution is -2.11. The highest BCUT2D eigenvalue weighted by Gasteiger charge is 2.11. The Morgan fingerprint density at radius 3 is 2.56 bits per heavy atom. The predicted octanol–water partition coefficient (Wildman–Crippen LogP) is 1.85. The van der Waals surface area contributed by atoms with E-state index in [9.17, 15) is 5.11 Å². The number of benzene rings is 1. The smallest absolute Gasteiger partial charge is 0.122 e. The number of rotatable bonds is 5. The molecule has 16 heavy (non-hydrogen) atoms. The van der Waals surface area contributed by atoms with Crippen molar-refractivity contribution >= 4 is 0 Å². The fraction of sp³-hybridized carbons (Fsp3) is 0.538. The maximum absolute atomic E-state index is 9.21. The van der Waals surface area contributed by atoms with E-state index < -0.39 is 0 Å². The van der Waals surface area contributed by atoms with E-state index in [-0.39, 0.29) is 12.5 Å². The third-order valence-electron chi connectivity index (χ3n) is 2.60. The van der Waals surface area contributed by atoms with Crippen LogP contribution in [0.2, 0.25) is 0 Å². The standard InChI is InChI=1S/C13H21NO2/c1-10(9-15)12-7-11(8-14(2)3)5-6-13(12)16-4/h5-7,10,15H,8-9H2,1-4H3. The SMILES string of the molecule is COc1ccc(CN(C)C)cc1C(C)CO. The topological polar surface area (TPSA) is 32.7 Å². The average Bonchev–Trinajstić information content (AvgIpc) is 2.27. The summed E-state index contributed by atoms with van der Waals surface area (Å²) in [5, 5.41) is 9.21. The first-order valence-electron chi connectivity index (χ1n) is 5.51. The summed E-state index contributed by atoms with van der Waals surface area (Å²) >= 11 is 0. The molecule has 1 aromatic rings. The molecule has 0 aliphatic carbocycles. The molecular formula is C13H21NO2. The van der Waals surface area contributed by atoms with E-state index in [1.807, 2.05) is 27.1 Å². The first-order valence-corrected chi connectivity index (χ1v) is 5.51. The zero-order valence-electron chi connectivity index (χ0n) is 10.5. The third kappa shape index (κ3) is 3.22. The fourth-order valence-electron chi connectivity index (χ4n) is 1.73. The highest BCUT2D eigenvalue weighted by molar-refractivity contribution is 5.39. The molecule has 0 heterocycles. The van der Waals surface area contributed by atoms with Crippen molar-refractivity contribution in [1.29, 1.82) is 0 Å². The lowest BCUT2D eigenvalue weighted by atomic mass is 9.98. The van der Waals surface area contributed by atoms with E-state index in [1.165, 1.54) is 5.56 Å². The number of ether oxygens (including phenoxy) is 1. The van der Waals surface area contributed by atoms with Gasteiger partial charge in [0.05, 0.1) is 7.11 Å². The minimum Gasteiger partial charge on any atom is -0.496 e. The number of aliphatic hydroxyl groups excluding tert-OH is 1. The number of aliphatic hydroxyl groups is 1. The molecule has 0 bridgehead atoms. The molecule has 0 fully saturated rings. The molecule has 1 N–H and O–H groups in total. The van der Waals surface area contributed by atoms with Crippen LogP contribution in [0.25, 0.3) is 0 Å². The minimum absolute atomic E-state index is 0.108. The van der Waals surface area contributed by atoms with Crippen LogP contribution in [0.4, 0.5) is 0 Å². The van der Waals surface area contributed by atoms with Crippen LogP contribution in [0.3, 0.4) is 0 Å². The Hall–Kier alpha value is -1.06. The van der Waals surface area contributed by atoms with Crippen molar-refractivity contribution in [2.45, 2.75) is 19.4 Å². The van der Waals surface area contributed by atoms with E-state index in [1.54, 1.807) is 7.11 Å². The van der Waals surface area contributed by atoms with Gasteiger partial charge < -0.3 is 14.7 Å². The van der Waals surface area contributed by atoms with Gasteiger partial charge in [0, 0.05) is 19.1 Å². The van der Waals surface area contributed by atoms with Gasteiger partial charge in [-0.2, -0.15) is 0 Å². The zero-order valence-corrected chi connectivity index (χ0v) is 10.5. The number of hydrogen-bond donors (Lipinski definition) is 1. The Morgan fingerprint density at radius 2 is 2.06 bits per heavy atom. The Morgan fingerprint density at radius 1 is 1.38 bits per heavy atom. The van der Waals surface area contributed by atoms with Crippen molar-refractivity contribution in [2.24, 2.45) is 0 Å². The predicted molar refractivity (Wildman–Crippen MR) is 65.9 cm³/mol. The van der Waals surface area contributed by atoms with E-state index in [2.05, 4.69) is 17.0 Å². The monoisotopic (exact) mass is 223 g/mol. The zero-order chi connectivity index (χ0) is 12.1. The van der Waals surface area contributed by atoms with Gasteiger partial charge >= 0.3 is 0 Å². The van der Waals surface area contributed by atoms with Crippen LogP contribution in [-0.2, 0) is 6.54 Å². The lowest BCUT2D eigenvalue weighted by molar-refractivity contribution is 0.269. The van der Waals surface area contributed by atoms with Crippen LogP contribution in [0.15, 0.2) is 18.2 Å². The van der Waals surface area contributed by atoms with E-state index in [0.29, 0.717) is 0 Å². The average molecular weight is 223 g/mol. The molecular weight excluding hydrogens is 202 g/mol. The molecule has 0 aliphatic heterocycles. The van der Waals surface area contributed by atoms with Gasteiger partial charge in [-0.05, 0) is 31.3 Å². The van der Waals surface area contributed by atoms with Gasteiger partial charge in [0.25, 0.3) is 0 Å². The second-order valence-electron chi connectivity index (χ2n) is 4.40.